The first-order chi connectivity index (χ1) is 9.29. The van der Waals surface area contributed by atoms with E-state index in [2.05, 4.69) is 27.6 Å². The average Bonchev–Trinajstić information content (AvgIpc) is 2.48. The zero-order valence-corrected chi connectivity index (χ0v) is 10.9. The van der Waals surface area contributed by atoms with Crippen LogP contribution in [0.5, 0.6) is 0 Å². The van der Waals surface area contributed by atoms with Gasteiger partial charge < -0.3 is 16.3 Å². The van der Waals surface area contributed by atoms with Crippen LogP contribution in [0.2, 0.25) is 0 Å². The Bertz CT molecular complexity index is 470. The quantitative estimate of drug-likeness (QED) is 0.247. The normalized spacial score (nSPS) is 19.6. The molecule has 0 fully saturated rings. The van der Waals surface area contributed by atoms with E-state index in [1.165, 1.54) is 19.3 Å². The van der Waals surface area contributed by atoms with Crippen LogP contribution in [0.25, 0.3) is 0 Å². The van der Waals surface area contributed by atoms with Gasteiger partial charge in [0, 0.05) is 12.7 Å². The van der Waals surface area contributed by atoms with Gasteiger partial charge in [-0.1, -0.05) is 17.3 Å². The third-order valence-electron chi connectivity index (χ3n) is 3.33. The van der Waals surface area contributed by atoms with Gasteiger partial charge in [-0.25, -0.2) is 0 Å². The van der Waals surface area contributed by atoms with Crippen molar-refractivity contribution < 1.29 is 5.21 Å². The van der Waals surface area contributed by atoms with Gasteiger partial charge in [-0.3, -0.25) is 4.98 Å². The predicted molar refractivity (Wildman–Crippen MR) is 74.9 cm³/mol. The van der Waals surface area contributed by atoms with E-state index < -0.39 is 0 Å². The zero-order valence-electron chi connectivity index (χ0n) is 10.9. The van der Waals surface area contributed by atoms with Crippen LogP contribution in [-0.2, 0) is 6.54 Å². The molecule has 0 aliphatic heterocycles. The van der Waals surface area contributed by atoms with Crippen molar-refractivity contribution in [1.29, 1.82) is 0 Å². The molecular weight excluding hydrogens is 240 g/mol. The first-order valence-corrected chi connectivity index (χ1v) is 6.58. The molecule has 5 nitrogen and oxygen atoms in total. The fourth-order valence-electron chi connectivity index (χ4n) is 2.24. The molecule has 1 unspecified atom stereocenters. The topological polar surface area (TPSA) is 83.5 Å². The first-order valence-electron chi connectivity index (χ1n) is 6.58. The molecule has 4 N–H and O–H groups in total. The van der Waals surface area contributed by atoms with E-state index in [1.807, 2.05) is 12.1 Å². The summed E-state index contributed by atoms with van der Waals surface area (Å²) in [5.74, 6) is 0.773. The van der Waals surface area contributed by atoms with E-state index in [0.717, 1.165) is 24.6 Å². The number of nitrogens with zero attached hydrogens (tertiary/aromatic N) is 2. The number of amidine groups is 1. The molecule has 1 aromatic heterocycles. The third-order valence-corrected chi connectivity index (χ3v) is 3.33. The molecule has 19 heavy (non-hydrogen) atoms. The van der Waals surface area contributed by atoms with Gasteiger partial charge in [0.15, 0.2) is 5.84 Å². The van der Waals surface area contributed by atoms with Crippen LogP contribution < -0.4 is 11.1 Å². The lowest BCUT2D eigenvalue weighted by Crippen LogP contribution is -2.23. The SMILES string of the molecule is NC(=NO)c1cc(CNCC2CC=CCC2)ccn1. The minimum Gasteiger partial charge on any atom is -0.409 e. The van der Waals surface area contributed by atoms with Crippen molar-refractivity contribution in [3.05, 3.63) is 41.7 Å². The van der Waals surface area contributed by atoms with E-state index in [9.17, 15) is 0 Å². The van der Waals surface area contributed by atoms with Gasteiger partial charge in [-0.15, -0.1) is 0 Å². The van der Waals surface area contributed by atoms with E-state index in [1.54, 1.807) is 6.20 Å². The number of nitrogens with two attached hydrogens (primary N) is 1. The Hall–Kier alpha value is -1.88. The molecular formula is C14H20N4O. The molecule has 0 radical (unpaired) electrons. The molecule has 0 saturated heterocycles. The van der Waals surface area contributed by atoms with Crippen molar-refractivity contribution in [1.82, 2.24) is 10.3 Å². The Kier molecular flexibility index (Phi) is 4.92. The van der Waals surface area contributed by atoms with E-state index in [-0.39, 0.29) is 5.84 Å². The van der Waals surface area contributed by atoms with Crippen molar-refractivity contribution in [3.63, 3.8) is 0 Å². The number of nitrogens with one attached hydrogen (secondary N) is 1. The standard InChI is InChI=1S/C14H20N4O/c15-14(18-19)13-8-12(6-7-17-13)10-16-9-11-4-2-1-3-5-11/h1-2,6-8,11,16,19H,3-5,9-10H2,(H2,15,18). The Morgan fingerprint density at radius 2 is 2.42 bits per heavy atom. The van der Waals surface area contributed by atoms with Crippen molar-refractivity contribution in [3.8, 4) is 0 Å². The molecule has 1 aliphatic rings. The minimum absolute atomic E-state index is 0.0410. The number of rotatable bonds is 5. The van der Waals surface area contributed by atoms with Crippen LogP contribution in [0.4, 0.5) is 0 Å². The van der Waals surface area contributed by atoms with Crippen LogP contribution in [-0.4, -0.2) is 22.6 Å². The number of allylic oxidation sites excluding steroid dienone is 2. The van der Waals surface area contributed by atoms with Crippen LogP contribution >= 0.6 is 0 Å². The Morgan fingerprint density at radius 1 is 1.53 bits per heavy atom. The Morgan fingerprint density at radius 3 is 3.16 bits per heavy atom. The second-order valence-electron chi connectivity index (χ2n) is 4.82. The van der Waals surface area contributed by atoms with Gasteiger partial charge in [-0.05, 0) is 49.4 Å². The summed E-state index contributed by atoms with van der Waals surface area (Å²) in [6, 6.07) is 3.77. The maximum absolute atomic E-state index is 8.63. The lowest BCUT2D eigenvalue weighted by Gasteiger charge is -2.18. The van der Waals surface area contributed by atoms with Crippen LogP contribution in [0.1, 0.15) is 30.5 Å². The summed E-state index contributed by atoms with van der Waals surface area (Å²) in [5, 5.41) is 15.0. The van der Waals surface area contributed by atoms with Gasteiger partial charge in [0.25, 0.3) is 0 Å². The van der Waals surface area contributed by atoms with Crippen molar-refractivity contribution in [2.75, 3.05) is 6.54 Å². The largest absolute Gasteiger partial charge is 0.409 e. The van der Waals surface area contributed by atoms with Crippen molar-refractivity contribution in [2.24, 2.45) is 16.8 Å². The highest BCUT2D eigenvalue weighted by atomic mass is 16.4. The van der Waals surface area contributed by atoms with Crippen LogP contribution in [0.3, 0.4) is 0 Å². The summed E-state index contributed by atoms with van der Waals surface area (Å²) in [4.78, 5) is 4.06. The zero-order chi connectivity index (χ0) is 13.5. The molecule has 0 saturated carbocycles. The molecule has 1 aromatic rings. The monoisotopic (exact) mass is 260 g/mol. The Balaban J connectivity index is 1.84. The van der Waals surface area contributed by atoms with Crippen molar-refractivity contribution >= 4 is 5.84 Å². The summed E-state index contributed by atoms with van der Waals surface area (Å²) in [6.07, 6.45) is 9.80. The molecule has 1 aliphatic carbocycles. The summed E-state index contributed by atoms with van der Waals surface area (Å²) >= 11 is 0. The maximum atomic E-state index is 8.63. The van der Waals surface area contributed by atoms with E-state index >= 15 is 0 Å². The molecule has 102 valence electrons. The van der Waals surface area contributed by atoms with Gasteiger partial charge >= 0.3 is 0 Å². The molecule has 0 bridgehead atoms. The predicted octanol–water partition coefficient (Wildman–Crippen LogP) is 1.62. The van der Waals surface area contributed by atoms with Gasteiger partial charge in [0.2, 0.25) is 0 Å². The highest BCUT2D eigenvalue weighted by molar-refractivity contribution is 5.95. The molecule has 5 heteroatoms. The molecule has 0 amide bonds. The van der Waals surface area contributed by atoms with E-state index in [4.69, 9.17) is 10.9 Å². The molecule has 0 aromatic carbocycles. The fraction of sp³-hybridized carbons (Fsp3) is 0.429. The van der Waals surface area contributed by atoms with Crippen molar-refractivity contribution in [2.45, 2.75) is 25.8 Å². The van der Waals surface area contributed by atoms with Gasteiger partial charge in [0.05, 0.1) is 0 Å². The van der Waals surface area contributed by atoms with Crippen LogP contribution in [0.15, 0.2) is 35.6 Å². The number of hydrogen-bond acceptors (Lipinski definition) is 4. The smallest absolute Gasteiger partial charge is 0.188 e. The van der Waals surface area contributed by atoms with E-state index in [0.29, 0.717) is 5.69 Å². The average molecular weight is 260 g/mol. The molecule has 1 heterocycles. The summed E-state index contributed by atoms with van der Waals surface area (Å²) in [5.41, 5.74) is 7.11. The molecule has 1 atom stereocenters. The Labute approximate surface area is 113 Å². The lowest BCUT2D eigenvalue weighted by molar-refractivity contribution is 0.318. The van der Waals surface area contributed by atoms with Crippen LogP contribution in [0, 0.1) is 5.92 Å². The maximum Gasteiger partial charge on any atom is 0.188 e. The fourth-order valence-corrected chi connectivity index (χ4v) is 2.24. The highest BCUT2D eigenvalue weighted by Crippen LogP contribution is 2.17. The number of oxime groups is 1. The number of aromatic nitrogens is 1. The molecule has 0 spiro atoms. The minimum atomic E-state index is 0.0410. The van der Waals surface area contributed by atoms with Gasteiger partial charge in [-0.2, -0.15) is 0 Å². The second-order valence-corrected chi connectivity index (χ2v) is 4.82. The third kappa shape index (κ3) is 4.06. The first kappa shape index (κ1) is 13.5. The number of pyridine rings is 1. The lowest BCUT2D eigenvalue weighted by atomic mass is 9.94. The number of hydrogen-bond donors (Lipinski definition) is 3. The highest BCUT2D eigenvalue weighted by Gasteiger charge is 2.09. The second kappa shape index (κ2) is 6.89. The van der Waals surface area contributed by atoms with Gasteiger partial charge in [0.1, 0.15) is 5.69 Å². The summed E-state index contributed by atoms with van der Waals surface area (Å²) < 4.78 is 0. The summed E-state index contributed by atoms with van der Waals surface area (Å²) in [7, 11) is 0. The molecule has 2 rings (SSSR count). The summed E-state index contributed by atoms with van der Waals surface area (Å²) in [6.45, 7) is 1.79.